The van der Waals surface area contributed by atoms with Crippen molar-refractivity contribution >= 4 is 32.2 Å². The molecule has 1 heterocycles. The number of nitrogens with one attached hydrogen (secondary N) is 1. The average Bonchev–Trinajstić information content (AvgIpc) is 3.02. The number of rotatable bonds is 7. The number of nitrogens with zero attached hydrogens (tertiary/aromatic N) is 2. The van der Waals surface area contributed by atoms with E-state index in [0.29, 0.717) is 23.8 Å². The third kappa shape index (κ3) is 4.75. The molecule has 7 nitrogen and oxygen atoms in total. The van der Waals surface area contributed by atoms with Gasteiger partial charge in [0.15, 0.2) is 0 Å². The minimum absolute atomic E-state index is 0.0621. The lowest BCUT2D eigenvalue weighted by molar-refractivity contribution is 0.102. The second kappa shape index (κ2) is 7.71. The van der Waals surface area contributed by atoms with Crippen LogP contribution in [0, 0.1) is 5.92 Å². The fourth-order valence-corrected chi connectivity index (χ4v) is 3.63. The van der Waals surface area contributed by atoms with Crippen LogP contribution >= 0.6 is 11.3 Å². The molecule has 0 saturated carbocycles. The number of amides is 1. The van der Waals surface area contributed by atoms with Gasteiger partial charge in [-0.05, 0) is 30.2 Å². The fourth-order valence-electron chi connectivity index (χ4n) is 1.64. The van der Waals surface area contributed by atoms with Gasteiger partial charge < -0.3 is 4.74 Å². The summed E-state index contributed by atoms with van der Waals surface area (Å²) in [5, 5.41) is 9.99. The van der Waals surface area contributed by atoms with Gasteiger partial charge in [0.2, 0.25) is 19.3 Å². The van der Waals surface area contributed by atoms with Crippen LogP contribution in [0.1, 0.15) is 31.1 Å². The molecule has 0 fully saturated rings. The number of hydrogen-bond acceptors (Lipinski definition) is 7. The zero-order chi connectivity index (χ0) is 17.7. The number of anilines is 1. The molecule has 0 aliphatic rings. The van der Waals surface area contributed by atoms with E-state index in [1.165, 1.54) is 6.92 Å². The molecule has 0 bridgehead atoms. The lowest BCUT2D eigenvalue weighted by atomic mass is 10.2. The topological polar surface area (TPSA) is 98.3 Å². The molecule has 0 unspecified atom stereocenters. The first-order valence-corrected chi connectivity index (χ1v) is 9.89. The van der Waals surface area contributed by atoms with E-state index in [4.69, 9.17) is 4.74 Å². The standard InChI is InChI=1S/C15H19N3O4S2/c1-4-24(20,21)15-18-17-14(23-15)16-13(19)11-5-7-12(8-6-11)22-9-10(2)3/h5-8,10H,4,9H2,1-3H3,(H,16,17,19). The SMILES string of the molecule is CCS(=O)(=O)c1nnc(NC(=O)c2ccc(OCC(C)C)cc2)s1. The minimum Gasteiger partial charge on any atom is -0.493 e. The van der Waals surface area contributed by atoms with E-state index in [-0.39, 0.29) is 21.1 Å². The van der Waals surface area contributed by atoms with Gasteiger partial charge in [-0.2, -0.15) is 0 Å². The van der Waals surface area contributed by atoms with E-state index >= 15 is 0 Å². The molecule has 1 aromatic heterocycles. The number of hydrogen-bond donors (Lipinski definition) is 1. The summed E-state index contributed by atoms with van der Waals surface area (Å²) < 4.78 is 28.9. The second-order valence-electron chi connectivity index (χ2n) is 5.46. The molecule has 0 saturated heterocycles. The van der Waals surface area contributed by atoms with Crippen molar-refractivity contribution in [3.05, 3.63) is 29.8 Å². The Morgan fingerprint density at radius 2 is 1.92 bits per heavy atom. The van der Waals surface area contributed by atoms with Gasteiger partial charge in [-0.25, -0.2) is 8.42 Å². The van der Waals surface area contributed by atoms with Crippen LogP contribution in [0.4, 0.5) is 5.13 Å². The number of carbonyl (C=O) groups is 1. The maximum Gasteiger partial charge on any atom is 0.257 e. The second-order valence-corrected chi connectivity index (χ2v) is 8.89. The Kier molecular flexibility index (Phi) is 5.89. The molecule has 0 aliphatic carbocycles. The van der Waals surface area contributed by atoms with Crippen LogP contribution in [-0.2, 0) is 9.84 Å². The third-order valence-electron chi connectivity index (χ3n) is 2.97. The molecular weight excluding hydrogens is 350 g/mol. The highest BCUT2D eigenvalue weighted by Gasteiger charge is 2.19. The van der Waals surface area contributed by atoms with E-state index in [0.717, 1.165) is 11.3 Å². The Bertz CT molecular complexity index is 798. The van der Waals surface area contributed by atoms with Crippen molar-refractivity contribution in [2.24, 2.45) is 5.92 Å². The Balaban J connectivity index is 2.02. The number of benzene rings is 1. The van der Waals surface area contributed by atoms with Crippen molar-refractivity contribution in [3.8, 4) is 5.75 Å². The summed E-state index contributed by atoms with van der Waals surface area (Å²) in [6.07, 6.45) is 0. The van der Waals surface area contributed by atoms with Crippen LogP contribution in [0.3, 0.4) is 0 Å². The van der Waals surface area contributed by atoms with Crippen LogP contribution in [-0.4, -0.2) is 36.9 Å². The Morgan fingerprint density at radius 1 is 1.25 bits per heavy atom. The van der Waals surface area contributed by atoms with E-state index in [2.05, 4.69) is 29.4 Å². The van der Waals surface area contributed by atoms with Gasteiger partial charge in [-0.3, -0.25) is 10.1 Å². The van der Waals surface area contributed by atoms with E-state index in [9.17, 15) is 13.2 Å². The van der Waals surface area contributed by atoms with Crippen molar-refractivity contribution in [3.63, 3.8) is 0 Å². The number of carbonyl (C=O) groups excluding carboxylic acids is 1. The molecule has 9 heteroatoms. The summed E-state index contributed by atoms with van der Waals surface area (Å²) in [6, 6.07) is 6.69. The quantitative estimate of drug-likeness (QED) is 0.753. The van der Waals surface area contributed by atoms with Gasteiger partial charge in [0, 0.05) is 5.56 Å². The molecule has 0 spiro atoms. The van der Waals surface area contributed by atoms with Crippen LogP contribution in [0.2, 0.25) is 0 Å². The Labute approximate surface area is 145 Å². The Hall–Kier alpha value is -2.00. The lowest BCUT2D eigenvalue weighted by Crippen LogP contribution is -2.11. The molecule has 2 rings (SSSR count). The van der Waals surface area contributed by atoms with Crippen LogP contribution in [0.5, 0.6) is 5.75 Å². The number of sulfone groups is 1. The molecule has 0 radical (unpaired) electrons. The van der Waals surface area contributed by atoms with Crippen molar-refractivity contribution in [2.45, 2.75) is 25.1 Å². The molecule has 24 heavy (non-hydrogen) atoms. The predicted molar refractivity (Wildman–Crippen MR) is 92.4 cm³/mol. The normalized spacial score (nSPS) is 11.5. The molecule has 130 valence electrons. The minimum atomic E-state index is -3.42. The zero-order valence-electron chi connectivity index (χ0n) is 13.6. The van der Waals surface area contributed by atoms with Crippen molar-refractivity contribution in [1.29, 1.82) is 0 Å². The Morgan fingerprint density at radius 3 is 2.50 bits per heavy atom. The van der Waals surface area contributed by atoms with E-state index in [1.54, 1.807) is 24.3 Å². The summed E-state index contributed by atoms with van der Waals surface area (Å²) in [5.74, 6) is 0.654. The molecule has 1 amide bonds. The highest BCUT2D eigenvalue weighted by molar-refractivity contribution is 7.93. The van der Waals surface area contributed by atoms with Gasteiger partial charge in [0.1, 0.15) is 5.75 Å². The fraction of sp³-hybridized carbons (Fsp3) is 0.400. The number of aromatic nitrogens is 2. The highest BCUT2D eigenvalue weighted by Crippen LogP contribution is 2.22. The van der Waals surface area contributed by atoms with Gasteiger partial charge in [-0.1, -0.05) is 32.1 Å². The van der Waals surface area contributed by atoms with Crippen molar-refractivity contribution < 1.29 is 17.9 Å². The maximum atomic E-state index is 12.2. The molecule has 1 N–H and O–H groups in total. The van der Waals surface area contributed by atoms with Crippen LogP contribution in [0.25, 0.3) is 0 Å². The average molecular weight is 369 g/mol. The molecule has 0 aliphatic heterocycles. The molecular formula is C15H19N3O4S2. The summed E-state index contributed by atoms with van der Waals surface area (Å²) in [7, 11) is -3.42. The first-order chi connectivity index (χ1) is 11.3. The van der Waals surface area contributed by atoms with Crippen molar-refractivity contribution in [2.75, 3.05) is 17.7 Å². The summed E-state index contributed by atoms with van der Waals surface area (Å²) in [4.78, 5) is 12.2. The van der Waals surface area contributed by atoms with Crippen molar-refractivity contribution in [1.82, 2.24) is 10.2 Å². The zero-order valence-corrected chi connectivity index (χ0v) is 15.3. The van der Waals surface area contributed by atoms with E-state index < -0.39 is 9.84 Å². The largest absolute Gasteiger partial charge is 0.493 e. The summed E-state index contributed by atoms with van der Waals surface area (Å²) in [5.41, 5.74) is 0.419. The third-order valence-corrected chi connectivity index (χ3v) is 5.99. The molecule has 0 atom stereocenters. The monoisotopic (exact) mass is 369 g/mol. The molecule has 1 aromatic carbocycles. The smallest absolute Gasteiger partial charge is 0.257 e. The number of ether oxygens (including phenoxy) is 1. The van der Waals surface area contributed by atoms with Gasteiger partial charge in [0.05, 0.1) is 12.4 Å². The van der Waals surface area contributed by atoms with Gasteiger partial charge in [-0.15, -0.1) is 10.2 Å². The van der Waals surface area contributed by atoms with Gasteiger partial charge in [0.25, 0.3) is 5.91 Å². The summed E-state index contributed by atoms with van der Waals surface area (Å²) in [6.45, 7) is 6.23. The first kappa shape index (κ1) is 18.3. The van der Waals surface area contributed by atoms with Crippen LogP contribution < -0.4 is 10.1 Å². The van der Waals surface area contributed by atoms with E-state index in [1.807, 2.05) is 0 Å². The highest BCUT2D eigenvalue weighted by atomic mass is 32.2. The lowest BCUT2D eigenvalue weighted by Gasteiger charge is -2.09. The summed E-state index contributed by atoms with van der Waals surface area (Å²) >= 11 is 0.835. The maximum absolute atomic E-state index is 12.2. The van der Waals surface area contributed by atoms with Crippen LogP contribution in [0.15, 0.2) is 28.6 Å². The first-order valence-electron chi connectivity index (χ1n) is 7.42. The molecule has 2 aromatic rings. The van der Waals surface area contributed by atoms with Gasteiger partial charge >= 0.3 is 0 Å². The predicted octanol–water partition coefficient (Wildman–Crippen LogP) is 2.62.